The summed E-state index contributed by atoms with van der Waals surface area (Å²) in [6, 6.07) is 13.9. The number of hydrogen-bond donors (Lipinski definition) is 1. The number of rotatable bonds is 4. The summed E-state index contributed by atoms with van der Waals surface area (Å²) in [5.74, 6) is 0.0799. The van der Waals surface area contributed by atoms with E-state index in [2.05, 4.69) is 27.0 Å². The molecule has 0 radical (unpaired) electrons. The second-order valence-electron chi connectivity index (χ2n) is 7.01. The highest BCUT2D eigenvalue weighted by molar-refractivity contribution is 6.34. The zero-order chi connectivity index (χ0) is 19.7. The number of amides is 2. The Bertz CT molecular complexity index is 1040. The summed E-state index contributed by atoms with van der Waals surface area (Å²) in [6.07, 6.45) is 4.57. The van der Waals surface area contributed by atoms with Gasteiger partial charge in [-0.05, 0) is 30.0 Å². The maximum atomic E-state index is 12.2. The van der Waals surface area contributed by atoms with E-state index in [1.165, 1.54) is 5.56 Å². The summed E-state index contributed by atoms with van der Waals surface area (Å²) in [5.41, 5.74) is 3.81. The zero-order valence-corrected chi connectivity index (χ0v) is 16.2. The van der Waals surface area contributed by atoms with Gasteiger partial charge in [0.1, 0.15) is 5.82 Å². The maximum absolute atomic E-state index is 12.2. The molecule has 0 bridgehead atoms. The summed E-state index contributed by atoms with van der Waals surface area (Å²) in [7, 11) is 0. The van der Waals surface area contributed by atoms with Crippen LogP contribution in [0.2, 0.25) is 5.02 Å². The average molecular weight is 394 g/mol. The quantitative estimate of drug-likeness (QED) is 0.679. The number of halogens is 1. The highest BCUT2D eigenvalue weighted by Gasteiger charge is 2.30. The maximum Gasteiger partial charge on any atom is 0.234 e. The molecule has 1 N–H and O–H groups in total. The van der Waals surface area contributed by atoms with Crippen molar-refractivity contribution in [2.45, 2.75) is 32.2 Å². The van der Waals surface area contributed by atoms with Crippen LogP contribution in [0.5, 0.6) is 0 Å². The number of aromatic nitrogens is 2. The molecule has 1 saturated heterocycles. The fraction of sp³-hybridized carbons (Fsp3) is 0.227. The van der Waals surface area contributed by atoms with Crippen LogP contribution in [0.4, 0.5) is 0 Å². The standard InChI is InChI=1S/C22H20ClN3O2/c1-14-24-11-12-26(14)13-15-5-7-16(8-6-15)17-3-2-4-18(21(17)23)19-9-10-20(27)25-22(19)28/h2-8,11-12,19H,9-10,13H2,1H3,(H,25,27,28). The first kappa shape index (κ1) is 18.4. The van der Waals surface area contributed by atoms with Crippen molar-refractivity contribution in [3.63, 3.8) is 0 Å². The van der Waals surface area contributed by atoms with Crippen molar-refractivity contribution in [1.29, 1.82) is 0 Å². The molecule has 28 heavy (non-hydrogen) atoms. The summed E-state index contributed by atoms with van der Waals surface area (Å²) in [6.45, 7) is 2.74. The minimum absolute atomic E-state index is 0.225. The predicted octanol–water partition coefficient (Wildman–Crippen LogP) is 4.08. The van der Waals surface area contributed by atoms with Crippen molar-refractivity contribution in [2.75, 3.05) is 0 Å². The molecule has 0 aliphatic carbocycles. The molecule has 2 amide bonds. The zero-order valence-electron chi connectivity index (χ0n) is 15.5. The largest absolute Gasteiger partial charge is 0.331 e. The number of hydrogen-bond acceptors (Lipinski definition) is 3. The fourth-order valence-electron chi connectivity index (χ4n) is 3.59. The fourth-order valence-corrected chi connectivity index (χ4v) is 3.96. The number of carbonyl (C=O) groups is 2. The van der Waals surface area contributed by atoms with Crippen molar-refractivity contribution in [2.24, 2.45) is 0 Å². The number of carbonyl (C=O) groups excluding carboxylic acids is 2. The van der Waals surface area contributed by atoms with Gasteiger partial charge in [0.25, 0.3) is 0 Å². The Kier molecular flexibility index (Phi) is 5.01. The number of benzene rings is 2. The van der Waals surface area contributed by atoms with Crippen molar-refractivity contribution < 1.29 is 9.59 Å². The van der Waals surface area contributed by atoms with E-state index in [-0.39, 0.29) is 11.8 Å². The third kappa shape index (κ3) is 3.58. The van der Waals surface area contributed by atoms with Crippen LogP contribution in [-0.2, 0) is 16.1 Å². The molecule has 6 heteroatoms. The Morgan fingerprint density at radius 1 is 1.18 bits per heavy atom. The molecule has 1 aromatic heterocycles. The first-order chi connectivity index (χ1) is 13.5. The van der Waals surface area contributed by atoms with Crippen molar-refractivity contribution in [1.82, 2.24) is 14.9 Å². The van der Waals surface area contributed by atoms with Crippen LogP contribution in [0.3, 0.4) is 0 Å². The lowest BCUT2D eigenvalue weighted by molar-refractivity contribution is -0.134. The van der Waals surface area contributed by atoms with Crippen molar-refractivity contribution in [3.8, 4) is 11.1 Å². The van der Waals surface area contributed by atoms with Gasteiger partial charge in [-0.25, -0.2) is 4.98 Å². The topological polar surface area (TPSA) is 64.0 Å². The number of nitrogens with zero attached hydrogens (tertiary/aromatic N) is 2. The summed E-state index contributed by atoms with van der Waals surface area (Å²) in [5, 5.41) is 2.97. The first-order valence-electron chi connectivity index (χ1n) is 9.22. The Balaban J connectivity index is 1.60. The molecule has 5 nitrogen and oxygen atoms in total. The Morgan fingerprint density at radius 2 is 1.96 bits per heavy atom. The molecule has 2 aromatic carbocycles. The summed E-state index contributed by atoms with van der Waals surface area (Å²) >= 11 is 6.68. The van der Waals surface area contributed by atoms with Crippen LogP contribution >= 0.6 is 11.6 Å². The van der Waals surface area contributed by atoms with Gasteiger partial charge in [0.2, 0.25) is 11.8 Å². The lowest BCUT2D eigenvalue weighted by Crippen LogP contribution is -2.39. The Morgan fingerprint density at radius 3 is 2.64 bits per heavy atom. The van der Waals surface area contributed by atoms with E-state index in [0.29, 0.717) is 17.9 Å². The third-order valence-electron chi connectivity index (χ3n) is 5.18. The van der Waals surface area contributed by atoms with Crippen LogP contribution in [0.15, 0.2) is 54.9 Å². The molecule has 0 spiro atoms. The third-order valence-corrected chi connectivity index (χ3v) is 5.61. The van der Waals surface area contributed by atoms with Gasteiger partial charge in [-0.1, -0.05) is 54.1 Å². The lowest BCUT2D eigenvalue weighted by Gasteiger charge is -2.23. The van der Waals surface area contributed by atoms with E-state index < -0.39 is 5.92 Å². The first-order valence-corrected chi connectivity index (χ1v) is 9.60. The highest BCUT2D eigenvalue weighted by atomic mass is 35.5. The minimum atomic E-state index is -0.395. The van der Waals surface area contributed by atoms with Gasteiger partial charge in [0.05, 0.1) is 10.9 Å². The number of imidazole rings is 1. The monoisotopic (exact) mass is 393 g/mol. The predicted molar refractivity (Wildman–Crippen MR) is 108 cm³/mol. The molecule has 1 unspecified atom stereocenters. The number of aryl methyl sites for hydroxylation is 1. The number of nitrogens with one attached hydrogen (secondary N) is 1. The smallest absolute Gasteiger partial charge is 0.234 e. The van der Waals surface area contributed by atoms with Gasteiger partial charge in [0.15, 0.2) is 0 Å². The molecular weight excluding hydrogens is 374 g/mol. The van der Waals surface area contributed by atoms with E-state index in [9.17, 15) is 9.59 Å². The molecule has 1 fully saturated rings. The van der Waals surface area contributed by atoms with Gasteiger partial charge in [-0.3, -0.25) is 14.9 Å². The minimum Gasteiger partial charge on any atom is -0.331 e. The van der Waals surface area contributed by atoms with E-state index in [0.717, 1.165) is 29.1 Å². The molecule has 2 heterocycles. The summed E-state index contributed by atoms with van der Waals surface area (Å²) < 4.78 is 2.09. The number of imide groups is 1. The van der Waals surface area contributed by atoms with E-state index in [4.69, 9.17) is 11.6 Å². The SMILES string of the molecule is Cc1nccn1Cc1ccc(-c2cccc(C3CCC(=O)NC3=O)c2Cl)cc1. The van der Waals surface area contributed by atoms with Crippen molar-refractivity contribution in [3.05, 3.63) is 76.8 Å². The second-order valence-corrected chi connectivity index (χ2v) is 7.39. The van der Waals surface area contributed by atoms with Crippen LogP contribution in [0, 0.1) is 6.92 Å². The van der Waals surface area contributed by atoms with Crippen LogP contribution in [-0.4, -0.2) is 21.4 Å². The summed E-state index contributed by atoms with van der Waals surface area (Å²) in [4.78, 5) is 27.9. The molecule has 4 rings (SSSR count). The van der Waals surface area contributed by atoms with Gasteiger partial charge in [-0.2, -0.15) is 0 Å². The molecule has 0 saturated carbocycles. The van der Waals surface area contributed by atoms with Crippen LogP contribution in [0.25, 0.3) is 11.1 Å². The van der Waals surface area contributed by atoms with Crippen LogP contribution < -0.4 is 5.32 Å². The molecule has 1 aliphatic rings. The Labute approximate surface area is 168 Å². The molecule has 142 valence electrons. The Hall–Kier alpha value is -2.92. The molecular formula is C22H20ClN3O2. The average Bonchev–Trinajstić information content (AvgIpc) is 3.08. The highest BCUT2D eigenvalue weighted by Crippen LogP contribution is 2.37. The normalized spacial score (nSPS) is 16.9. The lowest BCUT2D eigenvalue weighted by atomic mass is 9.88. The van der Waals surface area contributed by atoms with Crippen LogP contribution in [0.1, 0.15) is 35.7 Å². The molecule has 3 aromatic rings. The van der Waals surface area contributed by atoms with Gasteiger partial charge in [0, 0.05) is 30.9 Å². The second kappa shape index (κ2) is 7.60. The van der Waals surface area contributed by atoms with E-state index in [1.807, 2.05) is 43.5 Å². The molecule has 1 atom stereocenters. The van der Waals surface area contributed by atoms with Gasteiger partial charge in [-0.15, -0.1) is 0 Å². The van der Waals surface area contributed by atoms with Crippen molar-refractivity contribution >= 4 is 23.4 Å². The van der Waals surface area contributed by atoms with Gasteiger partial charge < -0.3 is 4.57 Å². The van der Waals surface area contributed by atoms with Gasteiger partial charge >= 0.3 is 0 Å². The van der Waals surface area contributed by atoms with E-state index in [1.54, 1.807) is 6.20 Å². The van der Waals surface area contributed by atoms with E-state index >= 15 is 0 Å². The number of piperidine rings is 1. The molecule has 1 aliphatic heterocycles.